The van der Waals surface area contributed by atoms with Gasteiger partial charge in [-0.25, -0.2) is 4.98 Å². The van der Waals surface area contributed by atoms with Crippen LogP contribution in [0.4, 0.5) is 0 Å². The molecule has 0 spiro atoms. The lowest BCUT2D eigenvalue weighted by atomic mass is 10.2. The van der Waals surface area contributed by atoms with Crippen molar-refractivity contribution >= 4 is 0 Å². The quantitative estimate of drug-likeness (QED) is 0.773. The SMILES string of the molecule is CC1CN(CCc2nccn2C)CCN1. The van der Waals surface area contributed by atoms with Gasteiger partial charge < -0.3 is 14.8 Å². The highest BCUT2D eigenvalue weighted by molar-refractivity contribution is 4.92. The van der Waals surface area contributed by atoms with E-state index in [0.717, 1.165) is 32.6 Å². The predicted molar refractivity (Wildman–Crippen MR) is 60.8 cm³/mol. The van der Waals surface area contributed by atoms with Crippen LogP contribution in [-0.4, -0.2) is 46.7 Å². The lowest BCUT2D eigenvalue weighted by Gasteiger charge is -2.31. The van der Waals surface area contributed by atoms with Crippen molar-refractivity contribution in [1.29, 1.82) is 0 Å². The van der Waals surface area contributed by atoms with Crippen molar-refractivity contribution in [1.82, 2.24) is 19.8 Å². The van der Waals surface area contributed by atoms with Crippen LogP contribution in [0.3, 0.4) is 0 Å². The molecule has 0 aliphatic carbocycles. The topological polar surface area (TPSA) is 33.1 Å². The molecule has 0 radical (unpaired) electrons. The molecule has 4 heteroatoms. The fraction of sp³-hybridized carbons (Fsp3) is 0.727. The summed E-state index contributed by atoms with van der Waals surface area (Å²) in [5.74, 6) is 1.18. The molecule has 1 aromatic heterocycles. The van der Waals surface area contributed by atoms with Gasteiger partial charge in [0.1, 0.15) is 5.82 Å². The third-order valence-electron chi connectivity index (χ3n) is 3.03. The maximum atomic E-state index is 4.34. The van der Waals surface area contributed by atoms with Gasteiger partial charge in [-0.15, -0.1) is 0 Å². The number of nitrogens with zero attached hydrogens (tertiary/aromatic N) is 3. The molecule has 1 fully saturated rings. The van der Waals surface area contributed by atoms with E-state index < -0.39 is 0 Å². The fourth-order valence-corrected chi connectivity index (χ4v) is 2.11. The van der Waals surface area contributed by atoms with Crippen LogP contribution in [0.2, 0.25) is 0 Å². The van der Waals surface area contributed by atoms with Crippen LogP contribution < -0.4 is 5.32 Å². The molecule has 2 heterocycles. The zero-order chi connectivity index (χ0) is 10.7. The van der Waals surface area contributed by atoms with Crippen LogP contribution in [-0.2, 0) is 13.5 Å². The Bertz CT molecular complexity index is 307. The molecule has 1 atom stereocenters. The Balaban J connectivity index is 1.80. The van der Waals surface area contributed by atoms with Gasteiger partial charge in [0.05, 0.1) is 0 Å². The van der Waals surface area contributed by atoms with E-state index in [2.05, 4.69) is 33.7 Å². The maximum absolute atomic E-state index is 4.34. The van der Waals surface area contributed by atoms with Crippen molar-refractivity contribution in [3.8, 4) is 0 Å². The number of rotatable bonds is 3. The smallest absolute Gasteiger partial charge is 0.109 e. The zero-order valence-corrected chi connectivity index (χ0v) is 9.61. The molecule has 1 aliphatic heterocycles. The summed E-state index contributed by atoms with van der Waals surface area (Å²) in [6.45, 7) is 6.80. The van der Waals surface area contributed by atoms with Crippen molar-refractivity contribution < 1.29 is 0 Å². The van der Waals surface area contributed by atoms with E-state index in [4.69, 9.17) is 0 Å². The van der Waals surface area contributed by atoms with Crippen LogP contribution in [0, 0.1) is 0 Å². The number of piperazine rings is 1. The molecule has 2 rings (SSSR count). The second-order valence-electron chi connectivity index (χ2n) is 4.36. The van der Waals surface area contributed by atoms with E-state index in [1.165, 1.54) is 5.82 Å². The van der Waals surface area contributed by atoms with Crippen molar-refractivity contribution in [2.45, 2.75) is 19.4 Å². The van der Waals surface area contributed by atoms with Crippen LogP contribution in [0.25, 0.3) is 0 Å². The molecular formula is C11H20N4. The van der Waals surface area contributed by atoms with Crippen LogP contribution in [0.1, 0.15) is 12.7 Å². The van der Waals surface area contributed by atoms with Gasteiger partial charge in [0.15, 0.2) is 0 Å². The summed E-state index contributed by atoms with van der Waals surface area (Å²) in [6.07, 6.45) is 4.93. The molecule has 1 aromatic rings. The Morgan fingerprint density at radius 1 is 1.60 bits per heavy atom. The number of aromatic nitrogens is 2. The molecule has 15 heavy (non-hydrogen) atoms. The number of nitrogens with one attached hydrogen (secondary N) is 1. The first-order chi connectivity index (χ1) is 7.25. The molecule has 1 aliphatic rings. The molecule has 84 valence electrons. The second-order valence-corrected chi connectivity index (χ2v) is 4.36. The highest BCUT2D eigenvalue weighted by Crippen LogP contribution is 2.02. The molecule has 0 saturated carbocycles. The lowest BCUT2D eigenvalue weighted by Crippen LogP contribution is -2.49. The van der Waals surface area contributed by atoms with Gasteiger partial charge in [0.2, 0.25) is 0 Å². The highest BCUT2D eigenvalue weighted by Gasteiger charge is 2.15. The predicted octanol–water partition coefficient (Wildman–Crippen LogP) is 0.256. The Hall–Kier alpha value is -0.870. The van der Waals surface area contributed by atoms with Crippen molar-refractivity contribution in [2.24, 2.45) is 7.05 Å². The Labute approximate surface area is 91.3 Å². The molecule has 1 saturated heterocycles. The van der Waals surface area contributed by atoms with Crippen LogP contribution in [0.15, 0.2) is 12.4 Å². The van der Waals surface area contributed by atoms with Gasteiger partial charge in [-0.3, -0.25) is 0 Å². The third-order valence-corrected chi connectivity index (χ3v) is 3.03. The average molecular weight is 208 g/mol. The van der Waals surface area contributed by atoms with E-state index in [1.807, 2.05) is 12.4 Å². The minimum absolute atomic E-state index is 0.625. The fourth-order valence-electron chi connectivity index (χ4n) is 2.11. The molecule has 1 unspecified atom stereocenters. The highest BCUT2D eigenvalue weighted by atomic mass is 15.2. The normalized spacial score (nSPS) is 23.2. The summed E-state index contributed by atoms with van der Waals surface area (Å²) >= 11 is 0. The molecule has 1 N–H and O–H groups in total. The Morgan fingerprint density at radius 3 is 3.13 bits per heavy atom. The second kappa shape index (κ2) is 4.77. The number of hydrogen-bond acceptors (Lipinski definition) is 3. The summed E-state index contributed by atoms with van der Waals surface area (Å²) in [7, 11) is 2.06. The maximum Gasteiger partial charge on any atom is 0.109 e. The molecule has 4 nitrogen and oxygen atoms in total. The van der Waals surface area contributed by atoms with Crippen LogP contribution >= 0.6 is 0 Å². The monoisotopic (exact) mass is 208 g/mol. The van der Waals surface area contributed by atoms with Crippen molar-refractivity contribution in [3.05, 3.63) is 18.2 Å². The van der Waals surface area contributed by atoms with Gasteiger partial charge in [-0.05, 0) is 6.92 Å². The minimum atomic E-state index is 0.625. The number of aryl methyl sites for hydroxylation is 1. The van der Waals surface area contributed by atoms with Gasteiger partial charge >= 0.3 is 0 Å². The van der Waals surface area contributed by atoms with E-state index in [-0.39, 0.29) is 0 Å². The van der Waals surface area contributed by atoms with E-state index in [0.29, 0.717) is 6.04 Å². The molecule has 0 aromatic carbocycles. The van der Waals surface area contributed by atoms with Crippen molar-refractivity contribution in [2.75, 3.05) is 26.2 Å². The summed E-state index contributed by atoms with van der Waals surface area (Å²) in [6, 6.07) is 0.625. The molecular weight excluding hydrogens is 188 g/mol. The average Bonchev–Trinajstić information content (AvgIpc) is 2.61. The third kappa shape index (κ3) is 2.79. The van der Waals surface area contributed by atoms with E-state index in [9.17, 15) is 0 Å². The molecule has 0 bridgehead atoms. The van der Waals surface area contributed by atoms with E-state index in [1.54, 1.807) is 0 Å². The molecule has 0 amide bonds. The Morgan fingerprint density at radius 2 is 2.47 bits per heavy atom. The number of imidazole rings is 1. The lowest BCUT2D eigenvalue weighted by molar-refractivity contribution is 0.208. The summed E-state index contributed by atoms with van der Waals surface area (Å²) < 4.78 is 2.10. The zero-order valence-electron chi connectivity index (χ0n) is 9.61. The summed E-state index contributed by atoms with van der Waals surface area (Å²) in [4.78, 5) is 6.85. The largest absolute Gasteiger partial charge is 0.338 e. The first-order valence-electron chi connectivity index (χ1n) is 5.67. The standard InChI is InChI=1S/C11H20N4/c1-10-9-15(8-5-12-10)6-3-11-13-4-7-14(11)2/h4,7,10,12H,3,5-6,8-9H2,1-2H3. The first-order valence-corrected chi connectivity index (χ1v) is 5.67. The van der Waals surface area contributed by atoms with Gasteiger partial charge in [-0.2, -0.15) is 0 Å². The Kier molecular flexibility index (Phi) is 3.38. The summed E-state index contributed by atoms with van der Waals surface area (Å²) in [5, 5.41) is 3.45. The summed E-state index contributed by atoms with van der Waals surface area (Å²) in [5.41, 5.74) is 0. The van der Waals surface area contributed by atoms with Crippen LogP contribution in [0.5, 0.6) is 0 Å². The van der Waals surface area contributed by atoms with Gasteiger partial charge in [0.25, 0.3) is 0 Å². The minimum Gasteiger partial charge on any atom is -0.338 e. The first kappa shape index (κ1) is 10.6. The van der Waals surface area contributed by atoms with Crippen molar-refractivity contribution in [3.63, 3.8) is 0 Å². The van der Waals surface area contributed by atoms with Gasteiger partial charge in [0, 0.05) is 58.1 Å². The number of hydrogen-bond donors (Lipinski definition) is 1. The van der Waals surface area contributed by atoms with Gasteiger partial charge in [-0.1, -0.05) is 0 Å². The van der Waals surface area contributed by atoms with E-state index >= 15 is 0 Å².